The number of benzene rings is 2. The third-order valence-electron chi connectivity index (χ3n) is 3.35. The molecule has 25 heavy (non-hydrogen) atoms. The van der Waals surface area contributed by atoms with E-state index in [-0.39, 0.29) is 37.1 Å². The van der Waals surface area contributed by atoms with E-state index in [4.69, 9.17) is 39.5 Å². The molecule has 0 atom stereocenters. The average molecular weight is 426 g/mol. The van der Waals surface area contributed by atoms with Crippen LogP contribution in [0.2, 0.25) is 15.1 Å². The molecule has 0 fully saturated rings. The molecule has 0 radical (unpaired) electrons. The van der Waals surface area contributed by atoms with Gasteiger partial charge in [0.05, 0.1) is 27.8 Å². The van der Waals surface area contributed by atoms with Crippen LogP contribution in [0.15, 0.2) is 35.2 Å². The predicted molar refractivity (Wildman–Crippen MR) is 96.7 cm³/mol. The van der Waals surface area contributed by atoms with Crippen molar-refractivity contribution in [2.75, 3.05) is 18.5 Å². The summed E-state index contributed by atoms with van der Waals surface area (Å²) in [7, 11) is -1.62. The highest BCUT2D eigenvalue weighted by Crippen LogP contribution is 2.39. The van der Waals surface area contributed by atoms with E-state index in [0.29, 0.717) is 0 Å². The molecule has 0 spiro atoms. The predicted octanol–water partition coefficient (Wildman–Crippen LogP) is 4.39. The Bertz CT molecular complexity index is 950. The van der Waals surface area contributed by atoms with Crippen molar-refractivity contribution in [3.63, 3.8) is 0 Å². The van der Waals surface area contributed by atoms with Crippen molar-refractivity contribution in [1.29, 1.82) is 0 Å². The van der Waals surface area contributed by atoms with Crippen molar-refractivity contribution in [3.05, 3.63) is 55.5 Å². The molecule has 2 aromatic rings. The Morgan fingerprint density at radius 3 is 2.32 bits per heavy atom. The zero-order chi connectivity index (χ0) is 18.9. The van der Waals surface area contributed by atoms with Gasteiger partial charge in [-0.25, -0.2) is 8.42 Å². The van der Waals surface area contributed by atoms with E-state index in [1.165, 1.54) is 38.4 Å². The van der Waals surface area contributed by atoms with E-state index in [2.05, 4.69) is 0 Å². The molecule has 0 aliphatic carbocycles. The van der Waals surface area contributed by atoms with E-state index >= 15 is 0 Å². The smallest absolute Gasteiger partial charge is 0.271 e. The summed E-state index contributed by atoms with van der Waals surface area (Å²) < 4.78 is 31.5. The fraction of sp³-hybridized carbons (Fsp3) is 0.143. The molecule has 0 heterocycles. The molecule has 2 rings (SSSR count). The van der Waals surface area contributed by atoms with Crippen LogP contribution in [0, 0.1) is 10.1 Å². The molecular weight excluding hydrogens is 415 g/mol. The van der Waals surface area contributed by atoms with Gasteiger partial charge in [-0.3, -0.25) is 14.4 Å². The molecule has 134 valence electrons. The summed E-state index contributed by atoms with van der Waals surface area (Å²) in [6.07, 6.45) is 0. The van der Waals surface area contributed by atoms with Crippen molar-refractivity contribution in [1.82, 2.24) is 0 Å². The monoisotopic (exact) mass is 424 g/mol. The highest BCUT2D eigenvalue weighted by Gasteiger charge is 2.28. The Kier molecular flexibility index (Phi) is 5.68. The number of nitro groups is 1. The Balaban J connectivity index is 2.59. The Hall–Kier alpha value is -1.74. The van der Waals surface area contributed by atoms with E-state index in [9.17, 15) is 18.5 Å². The number of halogens is 3. The van der Waals surface area contributed by atoms with Crippen molar-refractivity contribution in [3.8, 4) is 5.75 Å². The first kappa shape index (κ1) is 19.6. The van der Waals surface area contributed by atoms with E-state index < -0.39 is 14.9 Å². The number of non-ortho nitro benzene ring substituents is 1. The van der Waals surface area contributed by atoms with Crippen LogP contribution < -0.4 is 9.04 Å². The summed E-state index contributed by atoms with van der Waals surface area (Å²) in [5, 5.41) is 10.6. The third kappa shape index (κ3) is 3.62. The summed E-state index contributed by atoms with van der Waals surface area (Å²) in [4.78, 5) is 9.98. The maximum Gasteiger partial charge on any atom is 0.271 e. The normalized spacial score (nSPS) is 11.2. The molecule has 0 N–H and O–H groups in total. The Morgan fingerprint density at radius 1 is 1.12 bits per heavy atom. The van der Waals surface area contributed by atoms with Gasteiger partial charge in [-0.1, -0.05) is 34.8 Å². The summed E-state index contributed by atoms with van der Waals surface area (Å²) in [5.41, 5.74) is -0.376. The lowest BCUT2D eigenvalue weighted by Gasteiger charge is -2.21. The SMILES string of the molecule is COc1ccc(S(=O)(=O)N(C)c2cc([N+](=O)[O-])ccc2Cl)c(Cl)c1Cl. The lowest BCUT2D eigenvalue weighted by molar-refractivity contribution is -0.384. The van der Waals surface area contributed by atoms with Gasteiger partial charge in [-0.2, -0.15) is 0 Å². The van der Waals surface area contributed by atoms with E-state index in [1.807, 2.05) is 0 Å². The fourth-order valence-corrected chi connectivity index (χ4v) is 4.32. The van der Waals surface area contributed by atoms with Crippen LogP contribution >= 0.6 is 34.8 Å². The topological polar surface area (TPSA) is 89.8 Å². The number of nitrogens with zero attached hydrogens (tertiary/aromatic N) is 2. The lowest BCUT2D eigenvalue weighted by Crippen LogP contribution is -2.27. The standard InChI is InChI=1S/C14H11Cl3N2O5S/c1-18(10-7-8(19(20)21)3-4-9(10)15)25(22,23)12-6-5-11(24-2)13(16)14(12)17/h3-7H,1-2H3. The number of nitro benzene ring substituents is 1. The van der Waals surface area contributed by atoms with Gasteiger partial charge >= 0.3 is 0 Å². The number of rotatable bonds is 5. The highest BCUT2D eigenvalue weighted by atomic mass is 35.5. The van der Waals surface area contributed by atoms with Crippen LogP contribution in [0.25, 0.3) is 0 Å². The largest absolute Gasteiger partial charge is 0.495 e. The molecule has 0 aliphatic heterocycles. The number of hydrogen-bond donors (Lipinski definition) is 0. The first-order valence-corrected chi connectivity index (χ1v) is 9.13. The first-order chi connectivity index (χ1) is 11.6. The van der Waals surface area contributed by atoms with Crippen LogP contribution in [0.5, 0.6) is 5.75 Å². The molecule has 11 heteroatoms. The number of ether oxygens (including phenoxy) is 1. The average Bonchev–Trinajstić information content (AvgIpc) is 2.56. The van der Waals surface area contributed by atoms with Crippen molar-refractivity contribution < 1.29 is 18.1 Å². The van der Waals surface area contributed by atoms with Gasteiger partial charge in [0.15, 0.2) is 0 Å². The molecule has 0 aliphatic rings. The van der Waals surface area contributed by atoms with Gasteiger partial charge in [0.25, 0.3) is 15.7 Å². The number of hydrogen-bond acceptors (Lipinski definition) is 5. The van der Waals surface area contributed by atoms with Gasteiger partial charge in [0, 0.05) is 19.2 Å². The van der Waals surface area contributed by atoms with Crippen LogP contribution in [0.3, 0.4) is 0 Å². The summed E-state index contributed by atoms with van der Waals surface area (Å²) in [6, 6.07) is 6.04. The first-order valence-electron chi connectivity index (χ1n) is 6.56. The maximum atomic E-state index is 12.9. The van der Waals surface area contributed by atoms with Gasteiger partial charge < -0.3 is 4.74 Å². The van der Waals surface area contributed by atoms with Crippen LogP contribution in [-0.4, -0.2) is 27.5 Å². The summed E-state index contributed by atoms with van der Waals surface area (Å²) in [5.74, 6) is 0.210. The molecule has 0 amide bonds. The van der Waals surface area contributed by atoms with Gasteiger partial charge in [-0.15, -0.1) is 0 Å². The number of methoxy groups -OCH3 is 1. The molecule has 0 unspecified atom stereocenters. The van der Waals surface area contributed by atoms with E-state index in [1.54, 1.807) is 0 Å². The second-order valence-corrected chi connectivity index (χ2v) is 7.86. The minimum Gasteiger partial charge on any atom is -0.495 e. The second kappa shape index (κ2) is 7.25. The highest BCUT2D eigenvalue weighted by molar-refractivity contribution is 7.93. The lowest BCUT2D eigenvalue weighted by atomic mass is 10.3. The maximum absolute atomic E-state index is 12.9. The van der Waals surface area contributed by atoms with Crippen molar-refractivity contribution in [2.45, 2.75) is 4.90 Å². The molecule has 0 aromatic heterocycles. The zero-order valence-electron chi connectivity index (χ0n) is 12.9. The minimum absolute atomic E-state index is 0.0207. The molecule has 7 nitrogen and oxygen atoms in total. The van der Waals surface area contributed by atoms with Crippen LogP contribution in [-0.2, 0) is 10.0 Å². The van der Waals surface area contributed by atoms with Gasteiger partial charge in [0.1, 0.15) is 15.7 Å². The van der Waals surface area contributed by atoms with Crippen molar-refractivity contribution >= 4 is 56.2 Å². The number of anilines is 1. The van der Waals surface area contributed by atoms with Gasteiger partial charge in [-0.05, 0) is 18.2 Å². The fourth-order valence-electron chi connectivity index (χ4n) is 2.00. The van der Waals surface area contributed by atoms with Crippen LogP contribution in [0.4, 0.5) is 11.4 Å². The summed E-state index contributed by atoms with van der Waals surface area (Å²) >= 11 is 18.1. The number of sulfonamides is 1. The van der Waals surface area contributed by atoms with Gasteiger partial charge in [0.2, 0.25) is 0 Å². The molecule has 0 bridgehead atoms. The van der Waals surface area contributed by atoms with E-state index in [0.717, 1.165) is 10.4 Å². The molecule has 0 saturated heterocycles. The minimum atomic E-state index is -4.18. The molecular formula is C14H11Cl3N2O5S. The summed E-state index contributed by atoms with van der Waals surface area (Å²) in [6.45, 7) is 0. The van der Waals surface area contributed by atoms with Crippen LogP contribution in [0.1, 0.15) is 0 Å². The Morgan fingerprint density at radius 2 is 1.76 bits per heavy atom. The third-order valence-corrected chi connectivity index (χ3v) is 6.46. The zero-order valence-corrected chi connectivity index (χ0v) is 15.9. The second-order valence-electron chi connectivity index (χ2n) is 4.76. The molecule has 0 saturated carbocycles. The Labute approximate surface area is 158 Å². The quantitative estimate of drug-likeness (QED) is 0.523. The molecule has 2 aromatic carbocycles. The van der Waals surface area contributed by atoms with Crippen molar-refractivity contribution in [2.24, 2.45) is 0 Å².